The Morgan fingerprint density at radius 3 is 2.50 bits per heavy atom. The van der Waals surface area contributed by atoms with Gasteiger partial charge < -0.3 is 9.84 Å². The molecule has 0 fully saturated rings. The van der Waals surface area contributed by atoms with Crippen LogP contribution in [0.15, 0.2) is 0 Å². The van der Waals surface area contributed by atoms with E-state index < -0.39 is 0 Å². The number of ether oxygens (including phenoxy) is 1. The molecule has 0 saturated heterocycles. The van der Waals surface area contributed by atoms with Gasteiger partial charge in [-0.15, -0.1) is 0 Å². The highest BCUT2D eigenvalue weighted by Crippen LogP contribution is 2.03. The van der Waals surface area contributed by atoms with E-state index in [0.29, 0.717) is 12.5 Å². The summed E-state index contributed by atoms with van der Waals surface area (Å²) in [6.07, 6.45) is 4.51. The van der Waals surface area contributed by atoms with E-state index in [1.54, 1.807) is 0 Å². The quantitative estimate of drug-likeness (QED) is 0.572. The molecule has 12 heavy (non-hydrogen) atoms. The second kappa shape index (κ2) is 9.01. The molecule has 0 radical (unpaired) electrons. The van der Waals surface area contributed by atoms with E-state index in [2.05, 4.69) is 13.8 Å². The van der Waals surface area contributed by atoms with Gasteiger partial charge in [0, 0.05) is 19.8 Å². The van der Waals surface area contributed by atoms with Gasteiger partial charge in [0.05, 0.1) is 0 Å². The van der Waals surface area contributed by atoms with Crippen LogP contribution in [0.3, 0.4) is 0 Å². The molecule has 0 saturated carbocycles. The topological polar surface area (TPSA) is 29.5 Å². The lowest BCUT2D eigenvalue weighted by Crippen LogP contribution is -2.03. The van der Waals surface area contributed by atoms with Crippen LogP contribution in [0.1, 0.15) is 39.5 Å². The predicted molar refractivity (Wildman–Crippen MR) is 51.2 cm³/mol. The van der Waals surface area contributed by atoms with Crippen molar-refractivity contribution < 1.29 is 9.84 Å². The van der Waals surface area contributed by atoms with E-state index in [4.69, 9.17) is 9.84 Å². The molecule has 74 valence electrons. The molecule has 0 aromatic rings. The maximum absolute atomic E-state index is 8.73. The molecular formula is C10H22O2. The third kappa shape index (κ3) is 8.02. The third-order valence-corrected chi connectivity index (χ3v) is 1.94. The zero-order valence-electron chi connectivity index (χ0n) is 8.38. The molecule has 0 aliphatic carbocycles. The molecule has 0 rings (SSSR count). The molecule has 2 heteroatoms. The summed E-state index contributed by atoms with van der Waals surface area (Å²) >= 11 is 0. The van der Waals surface area contributed by atoms with E-state index in [0.717, 1.165) is 32.5 Å². The van der Waals surface area contributed by atoms with Crippen molar-refractivity contribution in [2.75, 3.05) is 19.8 Å². The maximum atomic E-state index is 8.73. The number of aliphatic hydroxyl groups excluding tert-OH is 1. The van der Waals surface area contributed by atoms with Gasteiger partial charge in [-0.25, -0.2) is 0 Å². The summed E-state index contributed by atoms with van der Waals surface area (Å²) in [5, 5.41) is 8.73. The maximum Gasteiger partial charge on any atom is 0.0466 e. The Balaban J connectivity index is 2.90. The van der Waals surface area contributed by atoms with E-state index in [-0.39, 0.29) is 0 Å². The average Bonchev–Trinajstić information content (AvgIpc) is 2.10. The molecule has 0 unspecified atom stereocenters. The summed E-state index contributed by atoms with van der Waals surface area (Å²) in [6.45, 7) is 6.27. The Morgan fingerprint density at radius 1 is 1.25 bits per heavy atom. The van der Waals surface area contributed by atoms with E-state index in [9.17, 15) is 0 Å². The Kier molecular flexibility index (Phi) is 8.95. The molecule has 0 aliphatic heterocycles. The molecular weight excluding hydrogens is 152 g/mol. The SMILES string of the molecule is CCCCOCCC[C@H](C)CO. The first-order chi connectivity index (χ1) is 5.81. The summed E-state index contributed by atoms with van der Waals surface area (Å²) in [6, 6.07) is 0. The highest BCUT2D eigenvalue weighted by Gasteiger charge is 1.98. The average molecular weight is 174 g/mol. The van der Waals surface area contributed by atoms with Crippen molar-refractivity contribution in [1.29, 1.82) is 0 Å². The minimum absolute atomic E-state index is 0.301. The second-order valence-corrected chi connectivity index (χ2v) is 3.40. The fourth-order valence-electron chi connectivity index (χ4n) is 0.974. The Labute approximate surface area is 75.9 Å². The summed E-state index contributed by atoms with van der Waals surface area (Å²) < 4.78 is 5.39. The Bertz CT molecular complexity index is 83.9. The molecule has 0 aliphatic rings. The number of unbranched alkanes of at least 4 members (excludes halogenated alkanes) is 1. The molecule has 0 spiro atoms. The van der Waals surface area contributed by atoms with Gasteiger partial charge in [-0.2, -0.15) is 0 Å². The summed E-state index contributed by atoms with van der Waals surface area (Å²) in [5.74, 6) is 0.430. The van der Waals surface area contributed by atoms with Crippen LogP contribution in [0, 0.1) is 5.92 Å². The fraction of sp³-hybridized carbons (Fsp3) is 1.00. The number of rotatable bonds is 8. The van der Waals surface area contributed by atoms with Crippen molar-refractivity contribution in [3.8, 4) is 0 Å². The molecule has 1 N–H and O–H groups in total. The van der Waals surface area contributed by atoms with Crippen LogP contribution < -0.4 is 0 Å². The van der Waals surface area contributed by atoms with E-state index >= 15 is 0 Å². The zero-order chi connectivity index (χ0) is 9.23. The Morgan fingerprint density at radius 2 is 1.92 bits per heavy atom. The fourth-order valence-corrected chi connectivity index (χ4v) is 0.974. The normalized spacial score (nSPS) is 13.2. The largest absolute Gasteiger partial charge is 0.396 e. The van der Waals surface area contributed by atoms with Crippen LogP contribution in [-0.2, 0) is 4.74 Å². The van der Waals surface area contributed by atoms with Crippen LogP contribution in [0.5, 0.6) is 0 Å². The van der Waals surface area contributed by atoms with Gasteiger partial charge in [0.15, 0.2) is 0 Å². The van der Waals surface area contributed by atoms with Crippen molar-refractivity contribution in [3.63, 3.8) is 0 Å². The second-order valence-electron chi connectivity index (χ2n) is 3.40. The third-order valence-electron chi connectivity index (χ3n) is 1.94. The number of aliphatic hydroxyl groups is 1. The molecule has 1 atom stereocenters. The first-order valence-electron chi connectivity index (χ1n) is 4.99. The minimum atomic E-state index is 0.301. The highest BCUT2D eigenvalue weighted by atomic mass is 16.5. The molecule has 0 bridgehead atoms. The van der Waals surface area contributed by atoms with Gasteiger partial charge >= 0.3 is 0 Å². The number of hydrogen-bond acceptors (Lipinski definition) is 2. The highest BCUT2D eigenvalue weighted by molar-refractivity contribution is 4.49. The summed E-state index contributed by atoms with van der Waals surface area (Å²) in [5.41, 5.74) is 0. The van der Waals surface area contributed by atoms with Crippen molar-refractivity contribution >= 4 is 0 Å². The smallest absolute Gasteiger partial charge is 0.0466 e. The van der Waals surface area contributed by atoms with Crippen molar-refractivity contribution in [3.05, 3.63) is 0 Å². The lowest BCUT2D eigenvalue weighted by molar-refractivity contribution is 0.120. The zero-order valence-corrected chi connectivity index (χ0v) is 8.38. The first-order valence-corrected chi connectivity index (χ1v) is 4.99. The molecule has 0 aromatic carbocycles. The van der Waals surface area contributed by atoms with Gasteiger partial charge in [-0.3, -0.25) is 0 Å². The molecule has 2 nitrogen and oxygen atoms in total. The minimum Gasteiger partial charge on any atom is -0.396 e. The van der Waals surface area contributed by atoms with Gasteiger partial charge in [0.25, 0.3) is 0 Å². The monoisotopic (exact) mass is 174 g/mol. The predicted octanol–water partition coefficient (Wildman–Crippen LogP) is 2.21. The van der Waals surface area contributed by atoms with Gasteiger partial charge in [-0.05, 0) is 25.2 Å². The lowest BCUT2D eigenvalue weighted by Gasteiger charge is -2.07. The Hall–Kier alpha value is -0.0800. The van der Waals surface area contributed by atoms with Crippen LogP contribution in [0.25, 0.3) is 0 Å². The van der Waals surface area contributed by atoms with Gasteiger partial charge in [0.1, 0.15) is 0 Å². The van der Waals surface area contributed by atoms with E-state index in [1.165, 1.54) is 6.42 Å². The van der Waals surface area contributed by atoms with Crippen molar-refractivity contribution in [1.82, 2.24) is 0 Å². The molecule has 0 heterocycles. The molecule has 0 aromatic heterocycles. The van der Waals surface area contributed by atoms with Crippen molar-refractivity contribution in [2.45, 2.75) is 39.5 Å². The summed E-state index contributed by atoms with van der Waals surface area (Å²) in [4.78, 5) is 0. The van der Waals surface area contributed by atoms with Gasteiger partial charge in [-0.1, -0.05) is 20.3 Å². The van der Waals surface area contributed by atoms with E-state index in [1.807, 2.05) is 0 Å². The first kappa shape index (κ1) is 11.9. The standard InChI is InChI=1S/C10H22O2/c1-3-4-7-12-8-5-6-10(2)9-11/h10-11H,3-9H2,1-2H3/t10-/m0/s1. The van der Waals surface area contributed by atoms with Crippen LogP contribution in [0.2, 0.25) is 0 Å². The van der Waals surface area contributed by atoms with Crippen molar-refractivity contribution in [2.24, 2.45) is 5.92 Å². The van der Waals surface area contributed by atoms with Crippen LogP contribution in [0.4, 0.5) is 0 Å². The summed E-state index contributed by atoms with van der Waals surface area (Å²) in [7, 11) is 0. The van der Waals surface area contributed by atoms with Gasteiger partial charge in [0.2, 0.25) is 0 Å². The lowest BCUT2D eigenvalue weighted by atomic mass is 10.1. The number of hydrogen-bond donors (Lipinski definition) is 1. The molecule has 0 amide bonds. The van der Waals surface area contributed by atoms with Crippen LogP contribution >= 0.6 is 0 Å². The van der Waals surface area contributed by atoms with Crippen LogP contribution in [-0.4, -0.2) is 24.9 Å².